The van der Waals surface area contributed by atoms with E-state index in [4.69, 9.17) is 0 Å². The molecule has 2 saturated heterocycles. The van der Waals surface area contributed by atoms with Crippen molar-refractivity contribution in [3.8, 4) is 0 Å². The van der Waals surface area contributed by atoms with Crippen molar-refractivity contribution in [1.29, 1.82) is 0 Å². The second kappa shape index (κ2) is 5.71. The van der Waals surface area contributed by atoms with E-state index in [1.807, 2.05) is 11.8 Å². The van der Waals surface area contributed by atoms with Gasteiger partial charge in [-0.15, -0.1) is 0 Å². The highest BCUT2D eigenvalue weighted by Gasteiger charge is 2.42. The first-order valence-electron chi connectivity index (χ1n) is 7.49. The van der Waals surface area contributed by atoms with Crippen LogP contribution in [0.4, 0.5) is 17.6 Å². The van der Waals surface area contributed by atoms with Gasteiger partial charge in [0.1, 0.15) is 5.82 Å². The van der Waals surface area contributed by atoms with Crippen LogP contribution >= 0.6 is 11.8 Å². The predicted octanol–water partition coefficient (Wildman–Crippen LogP) is 4.57. The summed E-state index contributed by atoms with van der Waals surface area (Å²) >= 11 is 1.90. The third kappa shape index (κ3) is 3.43. The summed E-state index contributed by atoms with van der Waals surface area (Å²) in [6.07, 6.45) is -0.0695. The van der Waals surface area contributed by atoms with Crippen molar-refractivity contribution in [2.24, 2.45) is 0 Å². The number of halogens is 4. The molecule has 22 heavy (non-hydrogen) atoms. The molecule has 2 unspecified atom stereocenters. The monoisotopic (exact) mass is 334 g/mol. The van der Waals surface area contributed by atoms with E-state index in [1.54, 1.807) is 0 Å². The maximum absolute atomic E-state index is 13.3. The van der Waals surface area contributed by atoms with Crippen molar-refractivity contribution in [3.63, 3.8) is 0 Å². The molecule has 2 atom stereocenters. The third-order valence-corrected chi connectivity index (χ3v) is 6.10. The van der Waals surface area contributed by atoms with Crippen LogP contribution < -0.4 is 0 Å². The molecule has 2 bridgehead atoms. The van der Waals surface area contributed by atoms with E-state index in [1.165, 1.54) is 6.07 Å². The van der Waals surface area contributed by atoms with Crippen LogP contribution in [0.3, 0.4) is 0 Å². The summed E-state index contributed by atoms with van der Waals surface area (Å²) in [7, 11) is 0. The zero-order valence-corrected chi connectivity index (χ0v) is 12.8. The topological polar surface area (TPSA) is 20.2 Å². The molecule has 0 radical (unpaired) electrons. The molecule has 2 heterocycles. The largest absolute Gasteiger partial charge is 0.419 e. The highest BCUT2D eigenvalue weighted by molar-refractivity contribution is 8.00. The van der Waals surface area contributed by atoms with Crippen molar-refractivity contribution in [3.05, 3.63) is 35.1 Å². The van der Waals surface area contributed by atoms with Gasteiger partial charge in [0.25, 0.3) is 0 Å². The Bertz CT molecular complexity index is 546. The Morgan fingerprint density at radius 2 is 1.82 bits per heavy atom. The van der Waals surface area contributed by atoms with Crippen molar-refractivity contribution in [2.75, 3.05) is 0 Å². The van der Waals surface area contributed by atoms with Crippen LogP contribution in [0.1, 0.15) is 43.2 Å². The molecular formula is C16H18F4OS. The maximum Gasteiger partial charge on any atom is 0.419 e. The standard InChI is InChI=1S/C16H18F4OS/c17-14-5-4-10(6-13(14)16(18,19)20)7-15(21)8-11-2-1-3-12(9-15)22-11/h4-6,11-12,21H,1-3,7-9H2. The molecule has 6 heteroatoms. The average Bonchev–Trinajstić information content (AvgIpc) is 2.39. The van der Waals surface area contributed by atoms with E-state index in [-0.39, 0.29) is 6.42 Å². The molecule has 1 nitrogen and oxygen atoms in total. The second-order valence-electron chi connectivity index (χ2n) is 6.43. The van der Waals surface area contributed by atoms with E-state index in [0.29, 0.717) is 28.9 Å². The van der Waals surface area contributed by atoms with Crippen LogP contribution in [-0.4, -0.2) is 21.2 Å². The van der Waals surface area contributed by atoms with Crippen LogP contribution in [0.2, 0.25) is 0 Å². The van der Waals surface area contributed by atoms with E-state index in [2.05, 4.69) is 0 Å². The summed E-state index contributed by atoms with van der Waals surface area (Å²) in [4.78, 5) is 0. The van der Waals surface area contributed by atoms with Crippen LogP contribution in [0.15, 0.2) is 18.2 Å². The Balaban J connectivity index is 1.81. The van der Waals surface area contributed by atoms with E-state index < -0.39 is 23.2 Å². The summed E-state index contributed by atoms with van der Waals surface area (Å²) in [5.41, 5.74) is -1.87. The molecule has 0 aliphatic carbocycles. The second-order valence-corrected chi connectivity index (χ2v) is 8.04. The molecule has 3 rings (SSSR count). The Hall–Kier alpha value is -0.750. The Morgan fingerprint density at radius 1 is 1.18 bits per heavy atom. The number of rotatable bonds is 2. The first-order valence-corrected chi connectivity index (χ1v) is 8.43. The molecule has 1 N–H and O–H groups in total. The van der Waals surface area contributed by atoms with Gasteiger partial charge in [-0.2, -0.15) is 24.9 Å². The lowest BCUT2D eigenvalue weighted by atomic mass is 9.81. The van der Waals surface area contributed by atoms with Crippen molar-refractivity contribution >= 4 is 11.8 Å². The smallest absolute Gasteiger partial charge is 0.389 e. The predicted molar refractivity (Wildman–Crippen MR) is 78.3 cm³/mol. The van der Waals surface area contributed by atoms with Gasteiger partial charge in [0.05, 0.1) is 11.2 Å². The van der Waals surface area contributed by atoms with Crippen LogP contribution in [0.25, 0.3) is 0 Å². The fourth-order valence-corrected chi connectivity index (χ4v) is 5.60. The highest BCUT2D eigenvalue weighted by atomic mass is 32.2. The molecule has 0 amide bonds. The molecule has 0 aromatic heterocycles. The van der Waals surface area contributed by atoms with Crippen LogP contribution in [-0.2, 0) is 12.6 Å². The number of fused-ring (bicyclic) bond motifs is 2. The van der Waals surface area contributed by atoms with Gasteiger partial charge in [0.15, 0.2) is 0 Å². The molecule has 2 fully saturated rings. The number of hydrogen-bond donors (Lipinski definition) is 1. The molecule has 2 aliphatic rings. The number of benzene rings is 1. The van der Waals surface area contributed by atoms with E-state index in [0.717, 1.165) is 31.4 Å². The van der Waals surface area contributed by atoms with Crippen molar-refractivity contribution in [2.45, 2.75) is 60.8 Å². The maximum atomic E-state index is 13.3. The Kier molecular flexibility index (Phi) is 4.18. The van der Waals surface area contributed by atoms with E-state index in [9.17, 15) is 22.7 Å². The molecular weight excluding hydrogens is 316 g/mol. The minimum absolute atomic E-state index is 0.157. The fraction of sp³-hybridized carbons (Fsp3) is 0.625. The van der Waals surface area contributed by atoms with Gasteiger partial charge < -0.3 is 5.11 Å². The number of aliphatic hydroxyl groups is 1. The molecule has 1 aromatic carbocycles. The normalized spacial score (nSPS) is 32.0. The van der Waals surface area contributed by atoms with Gasteiger partial charge in [-0.25, -0.2) is 4.39 Å². The van der Waals surface area contributed by atoms with Gasteiger partial charge in [-0.1, -0.05) is 12.5 Å². The van der Waals surface area contributed by atoms with Gasteiger partial charge in [0, 0.05) is 16.9 Å². The third-order valence-electron chi connectivity index (χ3n) is 4.52. The van der Waals surface area contributed by atoms with Crippen LogP contribution in [0.5, 0.6) is 0 Å². The lowest BCUT2D eigenvalue weighted by Crippen LogP contribution is -2.44. The molecule has 2 aliphatic heterocycles. The zero-order chi connectivity index (χ0) is 16.0. The Morgan fingerprint density at radius 3 is 2.41 bits per heavy atom. The first-order chi connectivity index (χ1) is 10.3. The molecule has 1 aromatic rings. The summed E-state index contributed by atoms with van der Waals surface area (Å²) in [6.45, 7) is 0. The summed E-state index contributed by atoms with van der Waals surface area (Å²) in [5, 5.41) is 11.6. The number of hydrogen-bond acceptors (Lipinski definition) is 2. The van der Waals surface area contributed by atoms with Crippen LogP contribution in [0, 0.1) is 5.82 Å². The summed E-state index contributed by atoms with van der Waals surface area (Å²) in [6, 6.07) is 3.03. The van der Waals surface area contributed by atoms with Gasteiger partial charge >= 0.3 is 6.18 Å². The number of thioether (sulfide) groups is 1. The van der Waals surface area contributed by atoms with Gasteiger partial charge in [-0.3, -0.25) is 0 Å². The lowest BCUT2D eigenvalue weighted by molar-refractivity contribution is -0.140. The minimum atomic E-state index is -4.71. The average molecular weight is 334 g/mol. The molecule has 0 spiro atoms. The quantitative estimate of drug-likeness (QED) is 0.800. The molecule has 0 saturated carbocycles. The minimum Gasteiger partial charge on any atom is -0.389 e. The molecule has 122 valence electrons. The van der Waals surface area contributed by atoms with Crippen molar-refractivity contribution < 1.29 is 22.7 Å². The summed E-state index contributed by atoms with van der Waals surface area (Å²) < 4.78 is 51.7. The van der Waals surface area contributed by atoms with E-state index >= 15 is 0 Å². The summed E-state index contributed by atoms with van der Waals surface area (Å²) in [5.74, 6) is -1.26. The SMILES string of the molecule is OC1(Cc2ccc(F)c(C(F)(F)F)c2)CC2CCCC(C1)S2. The fourth-order valence-electron chi connectivity index (χ4n) is 3.64. The van der Waals surface area contributed by atoms with Gasteiger partial charge in [0.2, 0.25) is 0 Å². The Labute approximate surface area is 131 Å². The van der Waals surface area contributed by atoms with Crippen molar-refractivity contribution in [1.82, 2.24) is 0 Å². The zero-order valence-electron chi connectivity index (χ0n) is 12.0. The highest BCUT2D eigenvalue weighted by Crippen LogP contribution is 2.46. The van der Waals surface area contributed by atoms with Gasteiger partial charge in [-0.05, 0) is 43.4 Å². The number of alkyl halides is 3. The lowest BCUT2D eigenvalue weighted by Gasteiger charge is -2.44. The first kappa shape index (κ1) is 16.1.